The summed E-state index contributed by atoms with van der Waals surface area (Å²) < 4.78 is 2.90. The topological polar surface area (TPSA) is 150 Å². The summed E-state index contributed by atoms with van der Waals surface area (Å²) >= 11 is 0. The molecule has 1 atom stereocenters. The smallest absolute Gasteiger partial charge is 0.269 e. The van der Waals surface area contributed by atoms with Crippen molar-refractivity contribution < 1.29 is 14.5 Å². The second-order valence-electron chi connectivity index (χ2n) is 7.02. The van der Waals surface area contributed by atoms with Crippen LogP contribution in [0.4, 0.5) is 17.1 Å². The molecular weight excluding hydrogens is 428 g/mol. The third-order valence-corrected chi connectivity index (χ3v) is 4.79. The van der Waals surface area contributed by atoms with E-state index in [1.54, 1.807) is 43.3 Å². The van der Waals surface area contributed by atoms with E-state index in [1.165, 1.54) is 46.5 Å². The van der Waals surface area contributed by atoms with Crippen LogP contribution in [0.5, 0.6) is 0 Å². The van der Waals surface area contributed by atoms with Crippen molar-refractivity contribution in [2.75, 3.05) is 10.6 Å². The molecule has 2 heterocycles. The van der Waals surface area contributed by atoms with Crippen molar-refractivity contribution in [1.29, 1.82) is 0 Å². The Morgan fingerprint density at radius 1 is 1.00 bits per heavy atom. The molecule has 166 valence electrons. The number of nitrogens with zero attached hydrogens (tertiary/aromatic N) is 6. The molecule has 33 heavy (non-hydrogen) atoms. The number of hydrogen-bond acceptors (Lipinski definition) is 7. The summed E-state index contributed by atoms with van der Waals surface area (Å²) in [6, 6.07) is 12.0. The van der Waals surface area contributed by atoms with E-state index in [1.807, 2.05) is 0 Å². The fourth-order valence-electron chi connectivity index (χ4n) is 2.93. The van der Waals surface area contributed by atoms with Crippen LogP contribution >= 0.6 is 0 Å². The number of non-ortho nitro benzene ring substituents is 1. The van der Waals surface area contributed by atoms with Crippen LogP contribution in [-0.2, 0) is 4.79 Å². The lowest BCUT2D eigenvalue weighted by Crippen LogP contribution is -2.24. The van der Waals surface area contributed by atoms with E-state index in [-0.39, 0.29) is 17.5 Å². The van der Waals surface area contributed by atoms with Gasteiger partial charge in [0.05, 0.1) is 22.4 Å². The number of benzene rings is 2. The zero-order chi connectivity index (χ0) is 23.4. The van der Waals surface area contributed by atoms with Gasteiger partial charge in [-0.2, -0.15) is 10.2 Å². The molecule has 12 nitrogen and oxygen atoms in total. The fraction of sp³-hybridized carbons (Fsp3) is 0.0952. The van der Waals surface area contributed by atoms with Gasteiger partial charge in [-0.25, -0.2) is 14.3 Å². The standard InChI is InChI=1S/C21H18N8O4/c1-14(28-13-22-12-24-28)20(30)25-16-2-4-17(5-3-16)26-21(31)15-10-23-27(11-15)18-6-8-19(9-7-18)29(32)33/h2-14H,1H3,(H,25,30)(H,26,31). The highest BCUT2D eigenvalue weighted by atomic mass is 16.6. The predicted molar refractivity (Wildman–Crippen MR) is 118 cm³/mol. The van der Waals surface area contributed by atoms with Crippen LogP contribution in [-0.4, -0.2) is 41.3 Å². The predicted octanol–water partition coefficient (Wildman–Crippen LogP) is 2.82. The monoisotopic (exact) mass is 446 g/mol. The summed E-state index contributed by atoms with van der Waals surface area (Å²) in [6.07, 6.45) is 5.75. The van der Waals surface area contributed by atoms with Gasteiger partial charge in [-0.05, 0) is 43.3 Å². The first-order valence-electron chi connectivity index (χ1n) is 9.76. The molecule has 1 unspecified atom stereocenters. The Labute approximate surface area is 187 Å². The van der Waals surface area contributed by atoms with Crippen LogP contribution in [0.2, 0.25) is 0 Å². The fourth-order valence-corrected chi connectivity index (χ4v) is 2.93. The summed E-state index contributed by atoms with van der Waals surface area (Å²) in [5.74, 6) is -0.629. The van der Waals surface area contributed by atoms with E-state index >= 15 is 0 Å². The van der Waals surface area contributed by atoms with E-state index < -0.39 is 11.0 Å². The number of nitrogens with one attached hydrogen (secondary N) is 2. The van der Waals surface area contributed by atoms with E-state index in [0.717, 1.165) is 0 Å². The number of hydrogen-bond donors (Lipinski definition) is 2. The highest BCUT2D eigenvalue weighted by Gasteiger charge is 2.16. The first kappa shape index (κ1) is 21.4. The normalized spacial score (nSPS) is 11.5. The Morgan fingerprint density at radius 3 is 2.27 bits per heavy atom. The summed E-state index contributed by atoms with van der Waals surface area (Å²) in [6.45, 7) is 1.70. The Morgan fingerprint density at radius 2 is 1.67 bits per heavy atom. The number of nitro benzene ring substituents is 1. The molecule has 4 rings (SSSR count). The first-order valence-corrected chi connectivity index (χ1v) is 9.76. The van der Waals surface area contributed by atoms with Crippen molar-refractivity contribution >= 4 is 28.9 Å². The highest BCUT2D eigenvalue weighted by molar-refractivity contribution is 6.04. The van der Waals surface area contributed by atoms with Crippen molar-refractivity contribution in [3.05, 3.63) is 89.3 Å². The maximum atomic E-state index is 12.5. The first-order chi connectivity index (χ1) is 15.9. The Hall–Kier alpha value is -4.87. The zero-order valence-corrected chi connectivity index (χ0v) is 17.3. The lowest BCUT2D eigenvalue weighted by atomic mass is 10.2. The largest absolute Gasteiger partial charge is 0.324 e. The van der Waals surface area contributed by atoms with Gasteiger partial charge in [-0.15, -0.1) is 0 Å². The molecule has 0 bridgehead atoms. The molecule has 0 spiro atoms. The number of rotatable bonds is 7. The summed E-state index contributed by atoms with van der Waals surface area (Å²) in [5.41, 5.74) is 1.96. The van der Waals surface area contributed by atoms with Crippen molar-refractivity contribution in [1.82, 2.24) is 24.5 Å². The molecule has 0 aliphatic rings. The molecule has 0 saturated heterocycles. The second-order valence-corrected chi connectivity index (χ2v) is 7.02. The molecule has 2 aromatic carbocycles. The van der Waals surface area contributed by atoms with E-state index in [2.05, 4.69) is 25.8 Å². The Kier molecular flexibility index (Phi) is 5.89. The average molecular weight is 446 g/mol. The number of anilines is 2. The minimum atomic E-state index is -0.529. The van der Waals surface area contributed by atoms with Gasteiger partial charge >= 0.3 is 0 Å². The van der Waals surface area contributed by atoms with Gasteiger partial charge in [0.15, 0.2) is 0 Å². The molecule has 0 aliphatic carbocycles. The molecule has 2 aromatic heterocycles. The molecule has 4 aromatic rings. The number of carbonyl (C=O) groups excluding carboxylic acids is 2. The number of amides is 2. The van der Waals surface area contributed by atoms with E-state index in [9.17, 15) is 19.7 Å². The number of carbonyl (C=O) groups is 2. The molecule has 12 heteroatoms. The van der Waals surface area contributed by atoms with Crippen molar-refractivity contribution in [3.63, 3.8) is 0 Å². The van der Waals surface area contributed by atoms with E-state index in [0.29, 0.717) is 22.6 Å². The molecule has 0 fully saturated rings. The van der Waals surface area contributed by atoms with Gasteiger partial charge < -0.3 is 10.6 Å². The lowest BCUT2D eigenvalue weighted by molar-refractivity contribution is -0.384. The summed E-state index contributed by atoms with van der Waals surface area (Å²) in [5, 5.41) is 24.4. The van der Waals surface area contributed by atoms with Crippen LogP contribution in [0.15, 0.2) is 73.6 Å². The SMILES string of the molecule is CC(C(=O)Nc1ccc(NC(=O)c2cnn(-c3ccc([N+](=O)[O-])cc3)c2)cc1)n1cncn1. The van der Waals surface area contributed by atoms with Crippen LogP contribution in [0, 0.1) is 10.1 Å². The van der Waals surface area contributed by atoms with Gasteiger partial charge in [-0.3, -0.25) is 19.7 Å². The van der Waals surface area contributed by atoms with Crippen molar-refractivity contribution in [3.8, 4) is 5.69 Å². The Balaban J connectivity index is 1.37. The van der Waals surface area contributed by atoms with Crippen LogP contribution in [0.1, 0.15) is 23.3 Å². The van der Waals surface area contributed by atoms with Gasteiger partial charge in [0.1, 0.15) is 18.7 Å². The zero-order valence-electron chi connectivity index (χ0n) is 17.3. The Bertz CT molecular complexity index is 1280. The number of aromatic nitrogens is 5. The quantitative estimate of drug-likeness (QED) is 0.327. The van der Waals surface area contributed by atoms with Crippen LogP contribution in [0.25, 0.3) is 5.69 Å². The molecule has 0 aliphatic heterocycles. The van der Waals surface area contributed by atoms with Crippen molar-refractivity contribution in [2.24, 2.45) is 0 Å². The highest BCUT2D eigenvalue weighted by Crippen LogP contribution is 2.18. The lowest BCUT2D eigenvalue weighted by Gasteiger charge is -2.12. The maximum absolute atomic E-state index is 12.5. The van der Waals surface area contributed by atoms with E-state index in [4.69, 9.17) is 0 Å². The third-order valence-electron chi connectivity index (χ3n) is 4.79. The molecule has 0 saturated carbocycles. The van der Waals surface area contributed by atoms with Crippen molar-refractivity contribution in [2.45, 2.75) is 13.0 Å². The molecular formula is C21H18N8O4. The number of nitro groups is 1. The van der Waals surface area contributed by atoms with Gasteiger partial charge in [0.2, 0.25) is 5.91 Å². The maximum Gasteiger partial charge on any atom is 0.269 e. The minimum Gasteiger partial charge on any atom is -0.324 e. The van der Waals surface area contributed by atoms with Gasteiger partial charge in [0.25, 0.3) is 11.6 Å². The van der Waals surface area contributed by atoms with Gasteiger partial charge in [-0.1, -0.05) is 0 Å². The molecule has 0 radical (unpaired) electrons. The third kappa shape index (κ3) is 4.90. The van der Waals surface area contributed by atoms with Gasteiger partial charge in [0, 0.05) is 29.7 Å². The molecule has 2 N–H and O–H groups in total. The molecule has 2 amide bonds. The van der Waals surface area contributed by atoms with Crippen LogP contribution in [0.3, 0.4) is 0 Å². The summed E-state index contributed by atoms with van der Waals surface area (Å²) in [4.78, 5) is 39.0. The van der Waals surface area contributed by atoms with Crippen LogP contribution < -0.4 is 10.6 Å². The second kappa shape index (κ2) is 9.09. The average Bonchev–Trinajstić information content (AvgIpc) is 3.52. The summed E-state index contributed by atoms with van der Waals surface area (Å²) in [7, 11) is 0. The minimum absolute atomic E-state index is 0.0311.